The highest BCUT2D eigenvalue weighted by molar-refractivity contribution is 6.04. The summed E-state index contributed by atoms with van der Waals surface area (Å²) in [4.78, 5) is 8.11. The Labute approximate surface area is 105 Å². The summed E-state index contributed by atoms with van der Waals surface area (Å²) in [6.45, 7) is 2.41. The van der Waals surface area contributed by atoms with Crippen LogP contribution in [0.1, 0.15) is 18.9 Å². The number of hydrogen-bond acceptors (Lipinski definition) is 4. The zero-order valence-electron chi connectivity index (χ0n) is 10.1. The van der Waals surface area contributed by atoms with E-state index in [1.807, 2.05) is 37.3 Å². The quantitative estimate of drug-likeness (QED) is 0.465. The minimum absolute atomic E-state index is 0.359. The number of benzene rings is 1. The minimum Gasteiger partial charge on any atom is -0.363 e. The molecule has 0 aliphatic carbocycles. The van der Waals surface area contributed by atoms with Crippen molar-refractivity contribution in [2.24, 2.45) is 10.3 Å². The van der Waals surface area contributed by atoms with Crippen molar-refractivity contribution in [2.45, 2.75) is 25.7 Å². The predicted molar refractivity (Wildman–Crippen MR) is 67.0 cm³/mol. The Morgan fingerprint density at radius 1 is 1.50 bits per heavy atom. The van der Waals surface area contributed by atoms with E-state index in [1.54, 1.807) is 0 Å². The van der Waals surface area contributed by atoms with Gasteiger partial charge in [-0.25, -0.2) is 0 Å². The molecule has 0 fully saturated rings. The molecule has 0 aromatic heterocycles. The number of nitrogens with zero attached hydrogens (tertiary/aromatic N) is 4. The van der Waals surface area contributed by atoms with E-state index in [2.05, 4.69) is 15.2 Å². The van der Waals surface area contributed by atoms with Gasteiger partial charge in [-0.2, -0.15) is 0 Å². The molecule has 0 amide bonds. The van der Waals surface area contributed by atoms with E-state index in [0.717, 1.165) is 5.56 Å². The monoisotopic (exact) mass is 246 g/mol. The van der Waals surface area contributed by atoms with E-state index in [4.69, 9.17) is 15.1 Å². The van der Waals surface area contributed by atoms with E-state index in [1.165, 1.54) is 0 Å². The van der Waals surface area contributed by atoms with Gasteiger partial charge in [0.05, 0.1) is 11.8 Å². The molecule has 6 heteroatoms. The second-order valence-electron chi connectivity index (χ2n) is 3.79. The molecule has 1 aromatic rings. The molecule has 0 spiro atoms. The van der Waals surface area contributed by atoms with Gasteiger partial charge in [0.15, 0.2) is 0 Å². The molecule has 0 unspecified atom stereocenters. The van der Waals surface area contributed by atoms with E-state index >= 15 is 0 Å². The van der Waals surface area contributed by atoms with Gasteiger partial charge < -0.3 is 9.57 Å². The molecule has 94 valence electrons. The molecule has 2 rings (SSSR count). The van der Waals surface area contributed by atoms with E-state index in [-0.39, 0.29) is 6.04 Å². The average molecular weight is 246 g/mol. The first kappa shape index (κ1) is 12.4. The van der Waals surface area contributed by atoms with Crippen LogP contribution in [0.2, 0.25) is 0 Å². The summed E-state index contributed by atoms with van der Waals surface area (Å²) in [5, 5.41) is 7.79. The molecule has 0 bridgehead atoms. The van der Waals surface area contributed by atoms with E-state index in [9.17, 15) is 0 Å². The van der Waals surface area contributed by atoms with Gasteiger partial charge in [-0.15, -0.1) is 0 Å². The van der Waals surface area contributed by atoms with Crippen molar-refractivity contribution in [2.75, 3.05) is 6.61 Å². The summed E-state index contributed by atoms with van der Waals surface area (Å²) in [6.07, 6.45) is 0.0315. The standard InChI is InChI=1S/C12H14N4O2/c1-2-17-11-8-10(14-16-13)12(15-18-11)9-6-4-3-5-7-9/h3-7,10-11H,2,8H2,1H3/t10-,11-/m1/s1. The normalized spacial score (nSPS) is 22.6. The molecule has 1 aliphatic heterocycles. The van der Waals surface area contributed by atoms with Crippen molar-refractivity contribution in [1.29, 1.82) is 0 Å². The van der Waals surface area contributed by atoms with Gasteiger partial charge in [-0.1, -0.05) is 40.6 Å². The minimum atomic E-state index is -0.446. The molecule has 0 N–H and O–H groups in total. The fourth-order valence-corrected chi connectivity index (χ4v) is 1.82. The maximum atomic E-state index is 8.62. The first-order valence-corrected chi connectivity index (χ1v) is 5.80. The third-order valence-electron chi connectivity index (χ3n) is 2.61. The summed E-state index contributed by atoms with van der Waals surface area (Å²) >= 11 is 0. The first-order valence-electron chi connectivity index (χ1n) is 5.80. The van der Waals surface area contributed by atoms with Crippen molar-refractivity contribution >= 4 is 5.71 Å². The second kappa shape index (κ2) is 6.05. The molecule has 18 heavy (non-hydrogen) atoms. The number of hydrogen-bond donors (Lipinski definition) is 0. The zero-order chi connectivity index (χ0) is 12.8. The van der Waals surface area contributed by atoms with Crippen molar-refractivity contribution in [1.82, 2.24) is 0 Å². The van der Waals surface area contributed by atoms with Crippen molar-refractivity contribution in [3.05, 3.63) is 46.3 Å². The highest BCUT2D eigenvalue weighted by Gasteiger charge is 2.28. The maximum absolute atomic E-state index is 8.62. The number of ether oxygens (including phenoxy) is 1. The lowest BCUT2D eigenvalue weighted by Gasteiger charge is -2.25. The van der Waals surface area contributed by atoms with Gasteiger partial charge in [0.1, 0.15) is 0 Å². The molecular formula is C12H14N4O2. The largest absolute Gasteiger partial charge is 0.363 e. The smallest absolute Gasteiger partial charge is 0.227 e. The summed E-state index contributed by atoms with van der Waals surface area (Å²) in [5.74, 6) is 0. The number of rotatable bonds is 4. The summed E-state index contributed by atoms with van der Waals surface area (Å²) in [7, 11) is 0. The van der Waals surface area contributed by atoms with Crippen LogP contribution >= 0.6 is 0 Å². The molecule has 0 saturated heterocycles. The lowest BCUT2D eigenvalue weighted by Crippen LogP contribution is -2.32. The Hall–Kier alpha value is -2.04. The summed E-state index contributed by atoms with van der Waals surface area (Å²) in [5.41, 5.74) is 10.2. The molecule has 1 heterocycles. The third kappa shape index (κ3) is 2.80. The number of azide groups is 1. The highest BCUT2D eigenvalue weighted by Crippen LogP contribution is 2.20. The lowest BCUT2D eigenvalue weighted by molar-refractivity contribution is -0.149. The van der Waals surface area contributed by atoms with Crippen LogP contribution in [0, 0.1) is 0 Å². The van der Waals surface area contributed by atoms with E-state index in [0.29, 0.717) is 18.7 Å². The van der Waals surface area contributed by atoms with Gasteiger partial charge in [0.2, 0.25) is 6.29 Å². The fraction of sp³-hybridized carbons (Fsp3) is 0.417. The molecule has 2 atom stereocenters. The van der Waals surface area contributed by atoms with Gasteiger partial charge in [-0.05, 0) is 18.0 Å². The lowest BCUT2D eigenvalue weighted by atomic mass is 10.0. The molecule has 1 aromatic carbocycles. The Balaban J connectivity index is 2.24. The van der Waals surface area contributed by atoms with Crippen LogP contribution in [0.4, 0.5) is 0 Å². The SMILES string of the molecule is CCO[C@H]1C[C@@H](N=[N+]=[N-])C(c2ccccc2)=NO1. The Bertz CT molecular complexity index is 468. The Kier molecular flexibility index (Phi) is 4.17. The van der Waals surface area contributed by atoms with Crippen LogP contribution in [0.15, 0.2) is 40.6 Å². The van der Waals surface area contributed by atoms with Crippen LogP contribution < -0.4 is 0 Å². The van der Waals surface area contributed by atoms with Crippen molar-refractivity contribution in [3.63, 3.8) is 0 Å². The average Bonchev–Trinajstić information content (AvgIpc) is 2.41. The zero-order valence-corrected chi connectivity index (χ0v) is 10.1. The Morgan fingerprint density at radius 2 is 2.28 bits per heavy atom. The predicted octanol–water partition coefficient (Wildman–Crippen LogP) is 2.85. The van der Waals surface area contributed by atoms with Gasteiger partial charge >= 0.3 is 0 Å². The third-order valence-corrected chi connectivity index (χ3v) is 2.61. The van der Waals surface area contributed by atoms with Gasteiger partial charge in [-0.3, -0.25) is 0 Å². The first-order chi connectivity index (χ1) is 8.85. The highest BCUT2D eigenvalue weighted by atomic mass is 16.8. The molecule has 0 radical (unpaired) electrons. The Morgan fingerprint density at radius 3 is 2.94 bits per heavy atom. The maximum Gasteiger partial charge on any atom is 0.227 e. The molecular weight excluding hydrogens is 232 g/mol. The van der Waals surface area contributed by atoms with Crippen LogP contribution in [0.3, 0.4) is 0 Å². The molecule has 0 saturated carbocycles. The van der Waals surface area contributed by atoms with Gasteiger partial charge in [0.25, 0.3) is 0 Å². The van der Waals surface area contributed by atoms with Crippen molar-refractivity contribution < 1.29 is 9.57 Å². The van der Waals surface area contributed by atoms with Crippen LogP contribution in [-0.4, -0.2) is 24.7 Å². The number of oxime groups is 1. The summed E-state index contributed by atoms with van der Waals surface area (Å²) < 4.78 is 5.33. The van der Waals surface area contributed by atoms with E-state index < -0.39 is 6.29 Å². The van der Waals surface area contributed by atoms with Gasteiger partial charge in [0, 0.05) is 17.9 Å². The second-order valence-corrected chi connectivity index (χ2v) is 3.79. The summed E-state index contributed by atoms with van der Waals surface area (Å²) in [6, 6.07) is 9.17. The fourth-order valence-electron chi connectivity index (χ4n) is 1.82. The topological polar surface area (TPSA) is 79.6 Å². The molecule has 6 nitrogen and oxygen atoms in total. The van der Waals surface area contributed by atoms with Crippen LogP contribution in [-0.2, 0) is 9.57 Å². The molecule has 1 aliphatic rings. The van der Waals surface area contributed by atoms with Crippen LogP contribution in [0.25, 0.3) is 10.4 Å². The van der Waals surface area contributed by atoms with Crippen LogP contribution in [0.5, 0.6) is 0 Å². The van der Waals surface area contributed by atoms with Crippen molar-refractivity contribution in [3.8, 4) is 0 Å².